The Hall–Kier alpha value is -2.81. The minimum atomic E-state index is -4.55. The Labute approximate surface area is 136 Å². The molecule has 1 saturated carbocycles. The fourth-order valence-corrected chi connectivity index (χ4v) is 2.18. The van der Waals surface area contributed by atoms with E-state index in [4.69, 9.17) is 5.11 Å². The average Bonchev–Trinajstić information content (AvgIpc) is 3.36. The Bertz CT molecular complexity index is 859. The lowest BCUT2D eigenvalue weighted by Crippen LogP contribution is -2.08. The van der Waals surface area contributed by atoms with Crippen molar-refractivity contribution >= 4 is 5.97 Å². The third-order valence-electron chi connectivity index (χ3n) is 3.62. The maximum Gasteiger partial charge on any atom is 0.417 e. The van der Waals surface area contributed by atoms with Gasteiger partial charge in [0.1, 0.15) is 0 Å². The maximum absolute atomic E-state index is 13.3. The van der Waals surface area contributed by atoms with E-state index in [1.165, 1.54) is 30.5 Å². The summed E-state index contributed by atoms with van der Waals surface area (Å²) in [6.45, 7) is 0. The monoisotopic (exact) mass is 331 g/mol. The van der Waals surface area contributed by atoms with Gasteiger partial charge in [-0.1, -0.05) is 17.9 Å². The minimum absolute atomic E-state index is 0.0360. The Morgan fingerprint density at radius 2 is 1.96 bits per heavy atom. The van der Waals surface area contributed by atoms with Crippen molar-refractivity contribution in [3.05, 3.63) is 53.2 Å². The Morgan fingerprint density at radius 3 is 2.58 bits per heavy atom. The first-order valence-electron chi connectivity index (χ1n) is 7.27. The molecule has 0 saturated heterocycles. The molecule has 122 valence electrons. The second kappa shape index (κ2) is 6.00. The number of hydrogen-bond acceptors (Lipinski definition) is 2. The third-order valence-corrected chi connectivity index (χ3v) is 3.62. The normalized spacial score (nSPS) is 14.0. The molecule has 1 aliphatic rings. The van der Waals surface area contributed by atoms with Crippen molar-refractivity contribution in [2.75, 3.05) is 0 Å². The van der Waals surface area contributed by atoms with Crippen LogP contribution >= 0.6 is 0 Å². The molecule has 0 unspecified atom stereocenters. The third kappa shape index (κ3) is 3.57. The summed E-state index contributed by atoms with van der Waals surface area (Å²) in [7, 11) is 0. The quantitative estimate of drug-likeness (QED) is 0.838. The van der Waals surface area contributed by atoms with Crippen LogP contribution < -0.4 is 0 Å². The number of carboxylic acids is 1. The number of hydrogen-bond donors (Lipinski definition) is 1. The van der Waals surface area contributed by atoms with Crippen molar-refractivity contribution in [1.29, 1.82) is 0 Å². The summed E-state index contributed by atoms with van der Waals surface area (Å²) < 4.78 is 39.9. The van der Waals surface area contributed by atoms with E-state index in [0.29, 0.717) is 0 Å². The molecule has 24 heavy (non-hydrogen) atoms. The van der Waals surface area contributed by atoms with Crippen LogP contribution in [0.15, 0.2) is 36.5 Å². The molecule has 1 fully saturated rings. The molecule has 1 aromatic heterocycles. The number of halogens is 3. The zero-order valence-electron chi connectivity index (χ0n) is 12.4. The van der Waals surface area contributed by atoms with E-state index in [-0.39, 0.29) is 28.3 Å². The molecule has 1 heterocycles. The summed E-state index contributed by atoms with van der Waals surface area (Å²) in [5.74, 6) is 4.46. The summed E-state index contributed by atoms with van der Waals surface area (Å²) in [5.41, 5.74) is -0.584. The Balaban J connectivity index is 2.06. The Morgan fingerprint density at radius 1 is 1.21 bits per heavy atom. The van der Waals surface area contributed by atoms with Gasteiger partial charge in [-0.3, -0.25) is 4.98 Å². The van der Waals surface area contributed by atoms with E-state index in [1.807, 2.05) is 0 Å². The molecular formula is C18H12F3NO2. The van der Waals surface area contributed by atoms with Gasteiger partial charge >= 0.3 is 12.1 Å². The van der Waals surface area contributed by atoms with Crippen molar-refractivity contribution in [3.63, 3.8) is 0 Å². The number of aromatic nitrogens is 1. The number of rotatable bonds is 2. The molecule has 0 amide bonds. The maximum atomic E-state index is 13.3. The highest BCUT2D eigenvalue weighted by Gasteiger charge is 2.33. The molecule has 6 heteroatoms. The van der Waals surface area contributed by atoms with Crippen LogP contribution in [-0.4, -0.2) is 16.1 Å². The van der Waals surface area contributed by atoms with Crippen LogP contribution in [0.5, 0.6) is 0 Å². The number of carboxylic acid groups (broad SMARTS) is 1. The average molecular weight is 331 g/mol. The molecule has 0 atom stereocenters. The van der Waals surface area contributed by atoms with Crippen molar-refractivity contribution in [1.82, 2.24) is 4.98 Å². The fourth-order valence-electron chi connectivity index (χ4n) is 2.18. The van der Waals surface area contributed by atoms with E-state index in [9.17, 15) is 18.0 Å². The molecule has 0 spiro atoms. The van der Waals surface area contributed by atoms with Gasteiger partial charge in [0.15, 0.2) is 0 Å². The summed E-state index contributed by atoms with van der Waals surface area (Å²) in [4.78, 5) is 15.0. The van der Waals surface area contributed by atoms with Gasteiger partial charge in [-0.2, -0.15) is 13.2 Å². The van der Waals surface area contributed by atoms with Gasteiger partial charge < -0.3 is 5.11 Å². The SMILES string of the molecule is O=C(O)c1ccnc(-c2ccc(C#CC3CC3)c(C(F)(F)F)c2)c1. The lowest BCUT2D eigenvalue weighted by Gasteiger charge is -2.11. The predicted octanol–water partition coefficient (Wildman–Crippen LogP) is 4.23. The van der Waals surface area contributed by atoms with Crippen LogP contribution in [0, 0.1) is 17.8 Å². The van der Waals surface area contributed by atoms with Crippen molar-refractivity contribution < 1.29 is 23.1 Å². The predicted molar refractivity (Wildman–Crippen MR) is 81.2 cm³/mol. The van der Waals surface area contributed by atoms with Crippen LogP contribution in [0.4, 0.5) is 13.2 Å². The van der Waals surface area contributed by atoms with Crippen LogP contribution in [0.3, 0.4) is 0 Å². The van der Waals surface area contributed by atoms with Gasteiger partial charge in [-0.15, -0.1) is 0 Å². The number of carbonyl (C=O) groups is 1. The first-order chi connectivity index (χ1) is 11.3. The first-order valence-corrected chi connectivity index (χ1v) is 7.27. The highest BCUT2D eigenvalue weighted by Crippen LogP contribution is 2.35. The molecule has 1 N–H and O–H groups in total. The second-order valence-corrected chi connectivity index (χ2v) is 5.54. The molecule has 1 aromatic carbocycles. The second-order valence-electron chi connectivity index (χ2n) is 5.54. The van der Waals surface area contributed by atoms with Crippen molar-refractivity contribution in [2.24, 2.45) is 5.92 Å². The molecule has 2 aromatic rings. The molecule has 0 bridgehead atoms. The lowest BCUT2D eigenvalue weighted by molar-refractivity contribution is -0.137. The molecule has 3 rings (SSSR count). The lowest BCUT2D eigenvalue weighted by atomic mass is 10.0. The van der Waals surface area contributed by atoms with Crippen molar-refractivity contribution in [2.45, 2.75) is 19.0 Å². The molecule has 3 nitrogen and oxygen atoms in total. The zero-order chi connectivity index (χ0) is 17.3. The minimum Gasteiger partial charge on any atom is -0.478 e. The highest BCUT2D eigenvalue weighted by atomic mass is 19.4. The van der Waals surface area contributed by atoms with E-state index < -0.39 is 17.7 Å². The summed E-state index contributed by atoms with van der Waals surface area (Å²) >= 11 is 0. The number of alkyl halides is 3. The van der Waals surface area contributed by atoms with Gasteiger partial charge in [0.2, 0.25) is 0 Å². The molecule has 0 radical (unpaired) electrons. The topological polar surface area (TPSA) is 50.2 Å². The van der Waals surface area contributed by atoms with Gasteiger partial charge in [-0.25, -0.2) is 4.79 Å². The van der Waals surface area contributed by atoms with Crippen LogP contribution in [-0.2, 0) is 6.18 Å². The number of aromatic carboxylic acids is 1. The Kier molecular flexibility index (Phi) is 4.02. The van der Waals surface area contributed by atoms with Gasteiger partial charge in [0.25, 0.3) is 0 Å². The van der Waals surface area contributed by atoms with E-state index in [2.05, 4.69) is 16.8 Å². The van der Waals surface area contributed by atoms with Crippen LogP contribution in [0.2, 0.25) is 0 Å². The van der Waals surface area contributed by atoms with Crippen LogP contribution in [0.25, 0.3) is 11.3 Å². The number of pyridine rings is 1. The summed E-state index contributed by atoms with van der Waals surface area (Å²) in [6, 6.07) is 6.27. The highest BCUT2D eigenvalue weighted by molar-refractivity contribution is 5.88. The standard InChI is InChI=1S/C18H12F3NO2/c19-18(20,21)15-9-13(6-5-12(15)4-3-11-1-2-11)16-10-14(17(23)24)7-8-22-16/h5-11H,1-2H2,(H,23,24). The van der Waals surface area contributed by atoms with E-state index in [1.54, 1.807) is 0 Å². The van der Waals surface area contributed by atoms with Crippen LogP contribution in [0.1, 0.15) is 34.3 Å². The zero-order valence-corrected chi connectivity index (χ0v) is 12.4. The van der Waals surface area contributed by atoms with Gasteiger partial charge in [0, 0.05) is 23.2 Å². The fraction of sp³-hybridized carbons (Fsp3) is 0.222. The first kappa shape index (κ1) is 16.1. The number of benzene rings is 1. The molecular weight excluding hydrogens is 319 g/mol. The molecule has 0 aliphatic heterocycles. The van der Waals surface area contributed by atoms with Gasteiger partial charge in [0.05, 0.1) is 16.8 Å². The van der Waals surface area contributed by atoms with E-state index in [0.717, 1.165) is 18.9 Å². The van der Waals surface area contributed by atoms with Crippen molar-refractivity contribution in [3.8, 4) is 23.1 Å². The smallest absolute Gasteiger partial charge is 0.417 e. The summed E-state index contributed by atoms with van der Waals surface area (Å²) in [6.07, 6.45) is -1.43. The number of nitrogens with zero attached hydrogens (tertiary/aromatic N) is 1. The molecule has 1 aliphatic carbocycles. The summed E-state index contributed by atoms with van der Waals surface area (Å²) in [5, 5.41) is 8.99. The van der Waals surface area contributed by atoms with Gasteiger partial charge in [-0.05, 0) is 37.1 Å². The van der Waals surface area contributed by atoms with E-state index >= 15 is 0 Å². The largest absolute Gasteiger partial charge is 0.478 e.